The van der Waals surface area contributed by atoms with Gasteiger partial charge in [-0.15, -0.1) is 0 Å². The van der Waals surface area contributed by atoms with Crippen LogP contribution in [0.2, 0.25) is 0 Å². The molecule has 9 nitrogen and oxygen atoms in total. The second-order valence-corrected chi connectivity index (χ2v) is 9.61. The molecule has 0 spiro atoms. The Kier molecular flexibility index (Phi) is 7.49. The zero-order valence-electron chi connectivity index (χ0n) is 21.0. The van der Waals surface area contributed by atoms with Crippen LogP contribution in [0.5, 0.6) is 0 Å². The van der Waals surface area contributed by atoms with Crippen molar-refractivity contribution in [2.24, 2.45) is 10.9 Å². The van der Waals surface area contributed by atoms with Gasteiger partial charge >= 0.3 is 6.03 Å². The zero-order valence-corrected chi connectivity index (χ0v) is 21.0. The maximum absolute atomic E-state index is 13.4. The largest absolute Gasteiger partial charge is 0.352 e. The minimum atomic E-state index is -1.00. The number of rotatable bonds is 6. The van der Waals surface area contributed by atoms with Crippen molar-refractivity contribution < 1.29 is 9.59 Å². The Labute approximate surface area is 216 Å². The molecule has 3 amide bonds. The van der Waals surface area contributed by atoms with Crippen LogP contribution < -0.4 is 20.9 Å². The Bertz CT molecular complexity index is 1260. The number of nitrogens with zero attached hydrogens (tertiary/aromatic N) is 3. The highest BCUT2D eigenvalue weighted by Gasteiger charge is 2.33. The summed E-state index contributed by atoms with van der Waals surface area (Å²) in [6.07, 6.45) is 9.27. The van der Waals surface area contributed by atoms with Crippen molar-refractivity contribution in [3.05, 3.63) is 72.1 Å². The van der Waals surface area contributed by atoms with E-state index in [0.717, 1.165) is 48.2 Å². The predicted octanol–water partition coefficient (Wildman–Crippen LogP) is 4.91. The van der Waals surface area contributed by atoms with Crippen LogP contribution in [0, 0.1) is 5.92 Å². The quantitative estimate of drug-likeness (QED) is 0.361. The third kappa shape index (κ3) is 5.82. The number of carbonyl (C=O) groups excluding carboxylic acids is 2. The van der Waals surface area contributed by atoms with Gasteiger partial charge in [0.05, 0.1) is 11.4 Å². The lowest BCUT2D eigenvalue weighted by Gasteiger charge is -2.21. The highest BCUT2D eigenvalue weighted by Crippen LogP contribution is 2.32. The number of amides is 3. The zero-order chi connectivity index (χ0) is 25.6. The number of aliphatic imine (C=N–C) groups is 1. The van der Waals surface area contributed by atoms with Crippen molar-refractivity contribution in [1.82, 2.24) is 15.3 Å². The van der Waals surface area contributed by atoms with E-state index in [1.54, 1.807) is 24.3 Å². The Morgan fingerprint density at radius 3 is 2.68 bits per heavy atom. The number of likely N-dealkylation sites (N-methyl/N-ethyl adjacent to an activating group) is 1. The van der Waals surface area contributed by atoms with Crippen molar-refractivity contribution in [3.63, 3.8) is 0 Å². The molecule has 37 heavy (non-hydrogen) atoms. The molecule has 4 N–H and O–H groups in total. The molecule has 2 aliphatic rings. The van der Waals surface area contributed by atoms with Crippen LogP contribution in [-0.2, 0) is 11.3 Å². The lowest BCUT2D eigenvalue weighted by molar-refractivity contribution is -0.119. The predicted molar refractivity (Wildman–Crippen MR) is 146 cm³/mol. The Morgan fingerprint density at radius 2 is 1.89 bits per heavy atom. The molecule has 2 aromatic carbocycles. The highest BCUT2D eigenvalue weighted by atomic mass is 16.2. The molecule has 0 unspecified atom stereocenters. The van der Waals surface area contributed by atoms with E-state index >= 15 is 0 Å². The second-order valence-electron chi connectivity index (χ2n) is 9.61. The third-order valence-electron chi connectivity index (χ3n) is 7.03. The lowest BCUT2D eigenvalue weighted by Crippen LogP contribution is -2.47. The van der Waals surface area contributed by atoms with Gasteiger partial charge in [-0.3, -0.25) is 9.79 Å². The molecule has 5 rings (SSSR count). The fraction of sp³-hybridized carbons (Fsp3) is 0.357. The molecule has 1 aliphatic heterocycles. The summed E-state index contributed by atoms with van der Waals surface area (Å²) in [5.74, 6) is 0.687. The van der Waals surface area contributed by atoms with Gasteiger partial charge in [-0.05, 0) is 36.6 Å². The van der Waals surface area contributed by atoms with E-state index in [9.17, 15) is 9.59 Å². The van der Waals surface area contributed by atoms with Gasteiger partial charge in [-0.2, -0.15) is 0 Å². The number of imidazole rings is 1. The van der Waals surface area contributed by atoms with Crippen LogP contribution in [0.1, 0.15) is 49.7 Å². The summed E-state index contributed by atoms with van der Waals surface area (Å²) in [4.78, 5) is 40.1. The number of nitrogens with one attached hydrogen (secondary N) is 4. The number of H-pyrrole nitrogens is 1. The maximum Gasteiger partial charge on any atom is 0.321 e. The van der Waals surface area contributed by atoms with Gasteiger partial charge in [-0.25, -0.2) is 9.78 Å². The van der Waals surface area contributed by atoms with E-state index in [1.807, 2.05) is 48.5 Å². The van der Waals surface area contributed by atoms with Crippen molar-refractivity contribution >= 4 is 35.0 Å². The molecule has 192 valence electrons. The third-order valence-corrected chi connectivity index (χ3v) is 7.03. The van der Waals surface area contributed by atoms with Gasteiger partial charge in [0.2, 0.25) is 6.17 Å². The number of aromatic amines is 1. The van der Waals surface area contributed by atoms with E-state index in [4.69, 9.17) is 4.99 Å². The highest BCUT2D eigenvalue weighted by molar-refractivity contribution is 6.14. The first-order valence-electron chi connectivity index (χ1n) is 12.9. The number of fused-ring (bicyclic) bond motifs is 1. The van der Waals surface area contributed by atoms with Crippen molar-refractivity contribution in [3.8, 4) is 0 Å². The lowest BCUT2D eigenvalue weighted by atomic mass is 9.89. The number of hydrogen-bond acceptors (Lipinski definition) is 5. The minimum Gasteiger partial charge on any atom is -0.352 e. The van der Waals surface area contributed by atoms with Crippen molar-refractivity contribution in [2.45, 2.75) is 51.2 Å². The minimum absolute atomic E-state index is 0.261. The number of carbonyl (C=O) groups is 2. The van der Waals surface area contributed by atoms with Crippen molar-refractivity contribution in [2.75, 3.05) is 22.6 Å². The maximum atomic E-state index is 13.4. The van der Waals surface area contributed by atoms with E-state index in [-0.39, 0.29) is 11.8 Å². The number of anilines is 3. The molecule has 9 heteroatoms. The molecule has 0 saturated heterocycles. The molecular weight excluding hydrogens is 466 g/mol. The van der Waals surface area contributed by atoms with E-state index in [2.05, 4.69) is 25.9 Å². The fourth-order valence-electron chi connectivity index (χ4n) is 5.12. The van der Waals surface area contributed by atoms with Gasteiger partial charge in [0.15, 0.2) is 5.95 Å². The Balaban J connectivity index is 1.33. The van der Waals surface area contributed by atoms with Crippen LogP contribution in [-0.4, -0.2) is 40.8 Å². The van der Waals surface area contributed by atoms with Crippen LogP contribution in [0.25, 0.3) is 0 Å². The molecular formula is C28H33N7O2. The smallest absolute Gasteiger partial charge is 0.321 e. The number of para-hydroxylation sites is 1. The molecule has 1 atom stereocenters. The van der Waals surface area contributed by atoms with Gasteiger partial charge in [0.25, 0.3) is 5.91 Å². The number of benzene rings is 2. The summed E-state index contributed by atoms with van der Waals surface area (Å²) >= 11 is 0. The average molecular weight is 500 g/mol. The van der Waals surface area contributed by atoms with Crippen LogP contribution in [0.4, 0.5) is 22.1 Å². The monoisotopic (exact) mass is 499 g/mol. The molecule has 1 fully saturated rings. The number of hydrogen-bond donors (Lipinski definition) is 4. The molecule has 3 aromatic rings. The molecule has 1 saturated carbocycles. The first-order chi connectivity index (χ1) is 18.1. The molecule has 0 bridgehead atoms. The summed E-state index contributed by atoms with van der Waals surface area (Å²) in [6, 6.07) is 15.0. The van der Waals surface area contributed by atoms with Gasteiger partial charge < -0.3 is 25.8 Å². The van der Waals surface area contributed by atoms with E-state index < -0.39 is 12.2 Å². The standard InChI is InChI=1S/C28H33N7O2/c1-35-23-14-7-6-13-22(23)24(20-10-4-2-3-5-11-20)33-25(26(35)36)34-28(37)32-21-12-8-9-19(17-21)18-31-27-29-15-16-30-27/h6-9,12-17,20,25H,2-5,10-11,18H2,1H3,(H2,29,30,31)(H2,32,34,37)/t25-/m0/s1. The Morgan fingerprint density at radius 1 is 1.08 bits per heavy atom. The van der Waals surface area contributed by atoms with Crippen molar-refractivity contribution in [1.29, 1.82) is 0 Å². The second kappa shape index (κ2) is 11.3. The SMILES string of the molecule is CN1C(=O)[C@H](NC(=O)Nc2cccc(CNc3ncc[nH]3)c2)N=C(C2CCCCCC2)c2ccccc21. The summed E-state index contributed by atoms with van der Waals surface area (Å²) in [7, 11) is 1.74. The molecule has 1 aromatic heterocycles. The number of aromatic nitrogens is 2. The normalized spacial score (nSPS) is 18.3. The van der Waals surface area contributed by atoms with E-state index in [0.29, 0.717) is 18.2 Å². The van der Waals surface area contributed by atoms with Crippen LogP contribution >= 0.6 is 0 Å². The van der Waals surface area contributed by atoms with Crippen LogP contribution in [0.3, 0.4) is 0 Å². The number of urea groups is 1. The summed E-state index contributed by atoms with van der Waals surface area (Å²) < 4.78 is 0. The Hall–Kier alpha value is -4.14. The summed E-state index contributed by atoms with van der Waals surface area (Å²) in [5.41, 5.74) is 4.33. The summed E-state index contributed by atoms with van der Waals surface area (Å²) in [5, 5.41) is 8.88. The fourth-order valence-corrected chi connectivity index (χ4v) is 5.12. The number of benzodiazepines with no additional fused rings is 1. The van der Waals surface area contributed by atoms with Gasteiger partial charge in [0.1, 0.15) is 0 Å². The first-order valence-corrected chi connectivity index (χ1v) is 12.9. The molecule has 0 radical (unpaired) electrons. The molecule has 1 aliphatic carbocycles. The first kappa shape index (κ1) is 24.5. The molecule has 2 heterocycles. The average Bonchev–Trinajstić information content (AvgIpc) is 3.26. The van der Waals surface area contributed by atoms with Gasteiger partial charge in [0, 0.05) is 43.2 Å². The topological polar surface area (TPSA) is 115 Å². The van der Waals surface area contributed by atoms with Crippen LogP contribution in [0.15, 0.2) is 65.9 Å². The summed E-state index contributed by atoms with van der Waals surface area (Å²) in [6.45, 7) is 0.545. The van der Waals surface area contributed by atoms with E-state index in [1.165, 1.54) is 12.8 Å². The van der Waals surface area contributed by atoms with Gasteiger partial charge in [-0.1, -0.05) is 56.0 Å².